The van der Waals surface area contributed by atoms with Gasteiger partial charge in [0.2, 0.25) is 0 Å². The molecule has 1 amide bonds. The van der Waals surface area contributed by atoms with Crippen LogP contribution in [-0.4, -0.2) is 29.8 Å². The topological polar surface area (TPSA) is 84.6 Å². The van der Waals surface area contributed by atoms with E-state index in [-0.39, 0.29) is 12.5 Å². The summed E-state index contributed by atoms with van der Waals surface area (Å²) in [4.78, 5) is 12.0. The minimum Gasteiger partial charge on any atom is -0.492 e. The van der Waals surface area contributed by atoms with Gasteiger partial charge in [0.1, 0.15) is 5.75 Å². The lowest BCUT2D eigenvalue weighted by molar-refractivity contribution is 0.0907. The molecule has 18 heavy (non-hydrogen) atoms. The number of anilines is 1. The predicted octanol–water partition coefficient (Wildman–Crippen LogP) is 0.922. The number of rotatable bonds is 5. The summed E-state index contributed by atoms with van der Waals surface area (Å²) in [5, 5.41) is 12.0. The maximum absolute atomic E-state index is 12.0. The molecule has 0 unspecified atom stereocenters. The zero-order valence-electron chi connectivity index (χ0n) is 10.4. The minimum absolute atomic E-state index is 0.0226. The molecule has 1 aliphatic rings. The van der Waals surface area contributed by atoms with Crippen LogP contribution < -0.4 is 15.8 Å². The van der Waals surface area contributed by atoms with Crippen molar-refractivity contribution in [3.8, 4) is 5.75 Å². The number of aliphatic hydroxyl groups is 1. The summed E-state index contributed by atoms with van der Waals surface area (Å²) in [6, 6.07) is 4.95. The monoisotopic (exact) mass is 250 g/mol. The molecule has 0 heterocycles. The number of nitrogen functional groups attached to an aromatic ring is 1. The van der Waals surface area contributed by atoms with Crippen molar-refractivity contribution in [2.75, 3.05) is 18.9 Å². The second-order valence-electron chi connectivity index (χ2n) is 4.58. The third-order valence-electron chi connectivity index (χ3n) is 3.11. The number of benzene rings is 1. The molecule has 1 aromatic rings. The summed E-state index contributed by atoms with van der Waals surface area (Å²) >= 11 is 0. The van der Waals surface area contributed by atoms with Crippen molar-refractivity contribution in [2.45, 2.75) is 25.3 Å². The third kappa shape index (κ3) is 2.56. The summed E-state index contributed by atoms with van der Waals surface area (Å²) in [6.07, 6.45) is 1.64. The third-order valence-corrected chi connectivity index (χ3v) is 3.11. The van der Waals surface area contributed by atoms with Crippen molar-refractivity contribution in [2.24, 2.45) is 0 Å². The molecule has 0 radical (unpaired) electrons. The van der Waals surface area contributed by atoms with Crippen molar-refractivity contribution in [1.82, 2.24) is 5.32 Å². The van der Waals surface area contributed by atoms with Crippen LogP contribution in [0.25, 0.3) is 0 Å². The first kappa shape index (κ1) is 12.7. The summed E-state index contributed by atoms with van der Waals surface area (Å²) in [5.74, 6) is 0.369. The molecule has 0 atom stereocenters. The van der Waals surface area contributed by atoms with Crippen LogP contribution in [0.4, 0.5) is 5.69 Å². The molecule has 0 saturated heterocycles. The molecular formula is C13H18N2O3. The predicted molar refractivity (Wildman–Crippen MR) is 68.5 cm³/mol. The molecule has 0 bridgehead atoms. The van der Waals surface area contributed by atoms with Crippen LogP contribution >= 0.6 is 0 Å². The standard InChI is InChI=1S/C13H18N2O3/c1-2-18-11-4-3-9(7-10(11)14)12(17)15-13(8-16)5-6-13/h3-4,7,16H,2,5-6,8,14H2,1H3,(H,15,17). The number of hydrogen-bond donors (Lipinski definition) is 3. The van der Waals surface area contributed by atoms with Gasteiger partial charge in [0.25, 0.3) is 5.91 Å². The van der Waals surface area contributed by atoms with Gasteiger partial charge in [-0.05, 0) is 38.0 Å². The molecule has 2 rings (SSSR count). The van der Waals surface area contributed by atoms with Crippen LogP contribution in [0.1, 0.15) is 30.1 Å². The SMILES string of the molecule is CCOc1ccc(C(=O)NC2(CO)CC2)cc1N. The minimum atomic E-state index is -0.412. The van der Waals surface area contributed by atoms with E-state index in [1.165, 1.54) is 0 Å². The number of ether oxygens (including phenoxy) is 1. The summed E-state index contributed by atoms with van der Waals surface area (Å²) < 4.78 is 5.31. The number of carbonyl (C=O) groups is 1. The summed E-state index contributed by atoms with van der Waals surface area (Å²) in [5.41, 5.74) is 6.32. The van der Waals surface area contributed by atoms with Gasteiger partial charge in [-0.15, -0.1) is 0 Å². The number of aliphatic hydroxyl groups excluding tert-OH is 1. The second-order valence-corrected chi connectivity index (χ2v) is 4.58. The fourth-order valence-corrected chi connectivity index (χ4v) is 1.76. The normalized spacial score (nSPS) is 16.1. The fourth-order valence-electron chi connectivity index (χ4n) is 1.76. The quantitative estimate of drug-likeness (QED) is 0.678. The van der Waals surface area contributed by atoms with Crippen molar-refractivity contribution in [1.29, 1.82) is 0 Å². The Morgan fingerprint density at radius 2 is 2.28 bits per heavy atom. The Hall–Kier alpha value is -1.75. The van der Waals surface area contributed by atoms with E-state index >= 15 is 0 Å². The Bertz CT molecular complexity index is 456. The Morgan fingerprint density at radius 1 is 1.56 bits per heavy atom. The first-order valence-corrected chi connectivity index (χ1v) is 6.06. The molecule has 1 aliphatic carbocycles. The average molecular weight is 250 g/mol. The van der Waals surface area contributed by atoms with E-state index in [4.69, 9.17) is 15.6 Å². The molecule has 5 heteroatoms. The van der Waals surface area contributed by atoms with Crippen molar-refractivity contribution in [3.05, 3.63) is 23.8 Å². The lowest BCUT2D eigenvalue weighted by atomic mass is 10.1. The zero-order valence-corrected chi connectivity index (χ0v) is 10.4. The molecule has 0 aromatic heterocycles. The van der Waals surface area contributed by atoms with E-state index < -0.39 is 5.54 Å². The van der Waals surface area contributed by atoms with E-state index in [0.29, 0.717) is 23.6 Å². The smallest absolute Gasteiger partial charge is 0.251 e. The van der Waals surface area contributed by atoms with Gasteiger partial charge in [0.05, 0.1) is 24.4 Å². The van der Waals surface area contributed by atoms with E-state index in [1.54, 1.807) is 18.2 Å². The van der Waals surface area contributed by atoms with E-state index in [0.717, 1.165) is 12.8 Å². The summed E-state index contributed by atoms with van der Waals surface area (Å²) in [7, 11) is 0. The van der Waals surface area contributed by atoms with Crippen LogP contribution in [0.2, 0.25) is 0 Å². The lowest BCUT2D eigenvalue weighted by Crippen LogP contribution is -2.39. The molecule has 4 N–H and O–H groups in total. The Balaban J connectivity index is 2.09. The molecular weight excluding hydrogens is 232 g/mol. The maximum atomic E-state index is 12.0. The van der Waals surface area contributed by atoms with Gasteiger partial charge in [-0.1, -0.05) is 0 Å². The van der Waals surface area contributed by atoms with Crippen molar-refractivity contribution in [3.63, 3.8) is 0 Å². The van der Waals surface area contributed by atoms with Crippen LogP contribution in [0, 0.1) is 0 Å². The van der Waals surface area contributed by atoms with E-state index in [9.17, 15) is 4.79 Å². The summed E-state index contributed by atoms with van der Waals surface area (Å²) in [6.45, 7) is 2.38. The fraction of sp³-hybridized carbons (Fsp3) is 0.462. The van der Waals surface area contributed by atoms with Gasteiger partial charge in [0.15, 0.2) is 0 Å². The van der Waals surface area contributed by atoms with Crippen LogP contribution in [-0.2, 0) is 0 Å². The van der Waals surface area contributed by atoms with Gasteiger partial charge in [-0.2, -0.15) is 0 Å². The van der Waals surface area contributed by atoms with Crippen molar-refractivity contribution < 1.29 is 14.6 Å². The molecule has 98 valence electrons. The number of nitrogens with two attached hydrogens (primary N) is 1. The number of hydrogen-bond acceptors (Lipinski definition) is 4. The molecule has 0 aliphatic heterocycles. The highest BCUT2D eigenvalue weighted by Gasteiger charge is 2.43. The number of carbonyl (C=O) groups excluding carboxylic acids is 1. The van der Waals surface area contributed by atoms with Crippen molar-refractivity contribution >= 4 is 11.6 Å². The van der Waals surface area contributed by atoms with Crippen LogP contribution in [0.3, 0.4) is 0 Å². The van der Waals surface area contributed by atoms with Gasteiger partial charge in [-0.3, -0.25) is 4.79 Å². The number of amides is 1. The molecule has 1 fully saturated rings. The van der Waals surface area contributed by atoms with Gasteiger partial charge in [-0.25, -0.2) is 0 Å². The maximum Gasteiger partial charge on any atom is 0.251 e. The van der Waals surface area contributed by atoms with Crippen LogP contribution in [0.15, 0.2) is 18.2 Å². The second kappa shape index (κ2) is 4.86. The highest BCUT2D eigenvalue weighted by atomic mass is 16.5. The Morgan fingerprint density at radius 3 is 2.78 bits per heavy atom. The van der Waals surface area contributed by atoms with Gasteiger partial charge in [0, 0.05) is 5.56 Å². The Labute approximate surface area is 106 Å². The highest BCUT2D eigenvalue weighted by molar-refractivity contribution is 5.96. The zero-order chi connectivity index (χ0) is 13.2. The average Bonchev–Trinajstić information content (AvgIpc) is 3.12. The van der Waals surface area contributed by atoms with Gasteiger partial charge >= 0.3 is 0 Å². The number of nitrogens with one attached hydrogen (secondary N) is 1. The first-order chi connectivity index (χ1) is 8.60. The highest BCUT2D eigenvalue weighted by Crippen LogP contribution is 2.35. The molecule has 1 aromatic carbocycles. The molecule has 5 nitrogen and oxygen atoms in total. The molecule has 0 spiro atoms. The lowest BCUT2D eigenvalue weighted by Gasteiger charge is -2.15. The van der Waals surface area contributed by atoms with E-state index in [1.807, 2.05) is 6.92 Å². The Kier molecular flexibility index (Phi) is 3.43. The molecule has 1 saturated carbocycles. The largest absolute Gasteiger partial charge is 0.492 e. The first-order valence-electron chi connectivity index (χ1n) is 6.06. The van der Waals surface area contributed by atoms with E-state index in [2.05, 4.69) is 5.32 Å². The van der Waals surface area contributed by atoms with Gasteiger partial charge < -0.3 is 20.9 Å². The van der Waals surface area contributed by atoms with Crippen LogP contribution in [0.5, 0.6) is 5.75 Å².